The van der Waals surface area contributed by atoms with E-state index in [2.05, 4.69) is 21.9 Å². The van der Waals surface area contributed by atoms with Crippen LogP contribution in [0, 0.1) is 5.92 Å². The van der Waals surface area contributed by atoms with E-state index >= 15 is 0 Å². The van der Waals surface area contributed by atoms with Crippen molar-refractivity contribution in [2.45, 2.75) is 51.7 Å². The van der Waals surface area contributed by atoms with Crippen LogP contribution in [-0.2, 0) is 16.6 Å². The molecule has 1 rings (SSSR count). The normalized spacial score (nSPS) is 13.7. The van der Waals surface area contributed by atoms with Crippen molar-refractivity contribution in [3.63, 3.8) is 0 Å². The van der Waals surface area contributed by atoms with Gasteiger partial charge in [0.05, 0.1) is 0 Å². The molecule has 0 radical (unpaired) electrons. The molecule has 1 atom stereocenters. The fraction of sp³-hybridized carbons (Fsp3) is 0.643. The van der Waals surface area contributed by atoms with E-state index in [1.54, 1.807) is 18.3 Å². The Balaban J connectivity index is 2.71. The number of sulfonamides is 1. The van der Waals surface area contributed by atoms with Crippen molar-refractivity contribution in [3.8, 4) is 0 Å². The first-order valence-corrected chi connectivity index (χ1v) is 8.53. The molecule has 0 fully saturated rings. The molecular formula is C14H25N3O2S. The summed E-state index contributed by atoms with van der Waals surface area (Å²) in [6, 6.07) is 3.23. The Morgan fingerprint density at radius 3 is 2.45 bits per heavy atom. The molecule has 1 aromatic heterocycles. The molecule has 20 heavy (non-hydrogen) atoms. The fourth-order valence-corrected chi connectivity index (χ4v) is 2.85. The van der Waals surface area contributed by atoms with Crippen molar-refractivity contribution in [1.29, 1.82) is 0 Å². The second kappa shape index (κ2) is 7.71. The Hall–Kier alpha value is -0.980. The van der Waals surface area contributed by atoms with Gasteiger partial charge in [-0.3, -0.25) is 0 Å². The molecule has 0 aliphatic rings. The van der Waals surface area contributed by atoms with Crippen molar-refractivity contribution < 1.29 is 8.42 Å². The zero-order chi connectivity index (χ0) is 15.2. The van der Waals surface area contributed by atoms with Gasteiger partial charge in [-0.15, -0.1) is 0 Å². The highest BCUT2D eigenvalue weighted by Gasteiger charge is 2.20. The maximum absolute atomic E-state index is 12.1. The molecule has 0 aliphatic carbocycles. The summed E-state index contributed by atoms with van der Waals surface area (Å²) < 4.78 is 26.9. The number of pyridine rings is 1. The SMILES string of the molecule is CCCNCc1ccc(S(=O)(=O)NC(C)C(C)C)nc1. The van der Waals surface area contributed by atoms with E-state index < -0.39 is 10.0 Å². The highest BCUT2D eigenvalue weighted by Crippen LogP contribution is 2.10. The minimum atomic E-state index is -3.53. The second-order valence-electron chi connectivity index (χ2n) is 5.34. The Bertz CT molecular complexity index is 498. The van der Waals surface area contributed by atoms with Crippen molar-refractivity contribution in [1.82, 2.24) is 15.0 Å². The molecule has 0 amide bonds. The first-order chi connectivity index (χ1) is 9.36. The standard InChI is InChI=1S/C14H25N3O2S/c1-5-8-15-9-13-6-7-14(16-10-13)20(18,19)17-12(4)11(2)3/h6-7,10-12,15,17H,5,8-9H2,1-4H3. The molecule has 0 aromatic carbocycles. The van der Waals surface area contributed by atoms with Gasteiger partial charge in [-0.1, -0.05) is 26.8 Å². The average molecular weight is 299 g/mol. The molecule has 0 saturated heterocycles. The van der Waals surface area contributed by atoms with Crippen LogP contribution in [0.4, 0.5) is 0 Å². The molecule has 5 nitrogen and oxygen atoms in total. The Labute approximate surface area is 122 Å². The third kappa shape index (κ3) is 5.19. The zero-order valence-electron chi connectivity index (χ0n) is 12.7. The number of hydrogen-bond donors (Lipinski definition) is 2. The number of nitrogens with one attached hydrogen (secondary N) is 2. The molecular weight excluding hydrogens is 274 g/mol. The van der Waals surface area contributed by atoms with E-state index in [0.29, 0.717) is 6.54 Å². The van der Waals surface area contributed by atoms with Gasteiger partial charge in [0.15, 0.2) is 5.03 Å². The summed E-state index contributed by atoms with van der Waals surface area (Å²) in [7, 11) is -3.53. The Morgan fingerprint density at radius 2 is 1.95 bits per heavy atom. The molecule has 0 bridgehead atoms. The first kappa shape index (κ1) is 17.1. The van der Waals surface area contributed by atoms with Gasteiger partial charge in [0.25, 0.3) is 10.0 Å². The molecule has 0 aliphatic heterocycles. The van der Waals surface area contributed by atoms with Crippen LogP contribution < -0.4 is 10.0 Å². The topological polar surface area (TPSA) is 71.1 Å². The third-order valence-electron chi connectivity index (χ3n) is 3.17. The lowest BCUT2D eigenvalue weighted by Gasteiger charge is -2.17. The summed E-state index contributed by atoms with van der Waals surface area (Å²) in [5.74, 6) is 0.238. The van der Waals surface area contributed by atoms with Crippen LogP contribution in [0.15, 0.2) is 23.4 Å². The summed E-state index contributed by atoms with van der Waals surface area (Å²) in [6.45, 7) is 9.55. The molecule has 1 heterocycles. The lowest BCUT2D eigenvalue weighted by Crippen LogP contribution is -2.36. The maximum Gasteiger partial charge on any atom is 0.258 e. The van der Waals surface area contributed by atoms with Crippen LogP contribution in [0.2, 0.25) is 0 Å². The molecule has 0 saturated carbocycles. The summed E-state index contributed by atoms with van der Waals surface area (Å²) in [6.07, 6.45) is 2.67. The molecule has 1 unspecified atom stereocenters. The number of nitrogens with zero attached hydrogens (tertiary/aromatic N) is 1. The number of aromatic nitrogens is 1. The monoisotopic (exact) mass is 299 g/mol. The smallest absolute Gasteiger partial charge is 0.258 e. The minimum absolute atomic E-state index is 0.0734. The van der Waals surface area contributed by atoms with E-state index in [9.17, 15) is 8.42 Å². The zero-order valence-corrected chi connectivity index (χ0v) is 13.5. The van der Waals surface area contributed by atoms with Crippen molar-refractivity contribution in [2.24, 2.45) is 5.92 Å². The van der Waals surface area contributed by atoms with Crippen LogP contribution >= 0.6 is 0 Å². The molecule has 6 heteroatoms. The van der Waals surface area contributed by atoms with E-state index in [4.69, 9.17) is 0 Å². The Kier molecular flexibility index (Phi) is 6.58. The lowest BCUT2D eigenvalue weighted by atomic mass is 10.1. The van der Waals surface area contributed by atoms with Crippen LogP contribution in [0.3, 0.4) is 0 Å². The van der Waals surface area contributed by atoms with Crippen LogP contribution in [-0.4, -0.2) is 26.0 Å². The predicted octanol–water partition coefficient (Wildman–Crippen LogP) is 1.90. The number of rotatable bonds is 8. The van der Waals surface area contributed by atoms with Gasteiger partial charge in [0.1, 0.15) is 0 Å². The minimum Gasteiger partial charge on any atom is -0.313 e. The van der Waals surface area contributed by atoms with Crippen molar-refractivity contribution in [2.75, 3.05) is 6.54 Å². The summed E-state index contributed by atoms with van der Waals surface area (Å²) in [5, 5.41) is 3.32. The quantitative estimate of drug-likeness (QED) is 0.719. The predicted molar refractivity (Wildman–Crippen MR) is 80.9 cm³/mol. The fourth-order valence-electron chi connectivity index (χ4n) is 1.53. The van der Waals surface area contributed by atoms with Gasteiger partial charge in [0.2, 0.25) is 0 Å². The summed E-state index contributed by atoms with van der Waals surface area (Å²) in [5.41, 5.74) is 0.981. The van der Waals surface area contributed by atoms with E-state index in [0.717, 1.165) is 18.5 Å². The van der Waals surface area contributed by atoms with Gasteiger partial charge >= 0.3 is 0 Å². The number of hydrogen-bond acceptors (Lipinski definition) is 4. The van der Waals surface area contributed by atoms with Crippen molar-refractivity contribution in [3.05, 3.63) is 23.9 Å². The van der Waals surface area contributed by atoms with Crippen LogP contribution in [0.1, 0.15) is 39.7 Å². The maximum atomic E-state index is 12.1. The molecule has 1 aromatic rings. The largest absolute Gasteiger partial charge is 0.313 e. The van der Waals surface area contributed by atoms with Gasteiger partial charge < -0.3 is 5.32 Å². The van der Waals surface area contributed by atoms with Gasteiger partial charge in [-0.05, 0) is 37.4 Å². The molecule has 0 spiro atoms. The lowest BCUT2D eigenvalue weighted by molar-refractivity contribution is 0.475. The summed E-state index contributed by atoms with van der Waals surface area (Å²) in [4.78, 5) is 4.05. The highest BCUT2D eigenvalue weighted by molar-refractivity contribution is 7.89. The Morgan fingerprint density at radius 1 is 1.25 bits per heavy atom. The average Bonchev–Trinajstić information content (AvgIpc) is 2.39. The molecule has 2 N–H and O–H groups in total. The third-order valence-corrected chi connectivity index (χ3v) is 4.64. The van der Waals surface area contributed by atoms with E-state index in [1.165, 1.54) is 0 Å². The van der Waals surface area contributed by atoms with E-state index in [-0.39, 0.29) is 17.0 Å². The highest BCUT2D eigenvalue weighted by atomic mass is 32.2. The second-order valence-corrected chi connectivity index (χ2v) is 7.00. The van der Waals surface area contributed by atoms with Crippen LogP contribution in [0.5, 0.6) is 0 Å². The van der Waals surface area contributed by atoms with Crippen molar-refractivity contribution >= 4 is 10.0 Å². The van der Waals surface area contributed by atoms with Gasteiger partial charge in [0, 0.05) is 18.8 Å². The first-order valence-electron chi connectivity index (χ1n) is 7.04. The van der Waals surface area contributed by atoms with Crippen LogP contribution in [0.25, 0.3) is 0 Å². The molecule has 114 valence electrons. The van der Waals surface area contributed by atoms with Gasteiger partial charge in [-0.2, -0.15) is 0 Å². The summed E-state index contributed by atoms with van der Waals surface area (Å²) >= 11 is 0. The van der Waals surface area contributed by atoms with E-state index in [1.807, 2.05) is 20.8 Å². The van der Waals surface area contributed by atoms with Gasteiger partial charge in [-0.25, -0.2) is 18.1 Å².